The normalized spacial score (nSPS) is 11.2. The molecule has 1 N–H and O–H groups in total. The average molecular weight is 426 g/mol. The topological polar surface area (TPSA) is 89.8 Å². The van der Waals surface area contributed by atoms with Crippen LogP contribution in [0.1, 0.15) is 31.6 Å². The first-order valence-corrected chi connectivity index (χ1v) is 10.6. The molecule has 0 bridgehead atoms. The largest absolute Gasteiger partial charge is 0.321 e. The molecule has 0 unspecified atom stereocenters. The van der Waals surface area contributed by atoms with E-state index in [4.69, 9.17) is 0 Å². The zero-order valence-electron chi connectivity index (χ0n) is 16.7. The van der Waals surface area contributed by atoms with Gasteiger partial charge in [-0.25, -0.2) is 14.6 Å². The summed E-state index contributed by atoms with van der Waals surface area (Å²) in [4.78, 5) is 34.9. The van der Waals surface area contributed by atoms with Crippen LogP contribution in [-0.2, 0) is 7.05 Å². The van der Waals surface area contributed by atoms with Crippen LogP contribution in [0.15, 0.2) is 23.0 Å². The number of carbonyl (C=O) groups excluding carboxylic acids is 1. The predicted molar refractivity (Wildman–Crippen MR) is 117 cm³/mol. The summed E-state index contributed by atoms with van der Waals surface area (Å²) in [5, 5.41) is 8.65. The van der Waals surface area contributed by atoms with Gasteiger partial charge in [-0.15, -0.1) is 22.7 Å². The molecule has 3 aromatic heterocycles. The minimum Gasteiger partial charge on any atom is -0.321 e. The summed E-state index contributed by atoms with van der Waals surface area (Å²) in [5.41, 5.74) is 4.02. The van der Waals surface area contributed by atoms with Crippen LogP contribution in [0.2, 0.25) is 0 Å². The van der Waals surface area contributed by atoms with Crippen molar-refractivity contribution in [2.75, 3.05) is 5.32 Å². The van der Waals surface area contributed by atoms with E-state index in [0.29, 0.717) is 26.8 Å². The zero-order chi connectivity index (χ0) is 20.9. The summed E-state index contributed by atoms with van der Waals surface area (Å²) < 4.78 is 2.33. The smallest absolute Gasteiger partial charge is 0.277 e. The van der Waals surface area contributed by atoms with E-state index in [1.807, 2.05) is 39.0 Å². The summed E-state index contributed by atoms with van der Waals surface area (Å²) >= 11 is 2.80. The summed E-state index contributed by atoms with van der Waals surface area (Å²) in [5.74, 6) is -0.243. The van der Waals surface area contributed by atoms with Gasteiger partial charge in [0.05, 0.1) is 32.2 Å². The van der Waals surface area contributed by atoms with Crippen LogP contribution in [0.3, 0.4) is 0 Å². The highest BCUT2D eigenvalue weighted by atomic mass is 32.1. The highest BCUT2D eigenvalue weighted by molar-refractivity contribution is 7.18. The Morgan fingerprint density at radius 1 is 1.07 bits per heavy atom. The standard InChI is InChI=1S/C20H19N5O2S2/c1-9-10(2)24-25(5)20(27)16(9)19-21-11(3)17(29-19)18(26)23-13-6-7-14-15(8-13)28-12(4)22-14/h6-8H,1-5H3,(H,23,26). The van der Waals surface area contributed by atoms with Crippen molar-refractivity contribution in [3.63, 3.8) is 0 Å². The van der Waals surface area contributed by atoms with E-state index in [9.17, 15) is 9.59 Å². The van der Waals surface area contributed by atoms with Crippen LogP contribution in [0.4, 0.5) is 5.69 Å². The molecular formula is C20H19N5O2S2. The average Bonchev–Trinajstić information content (AvgIpc) is 3.21. The van der Waals surface area contributed by atoms with E-state index < -0.39 is 0 Å². The lowest BCUT2D eigenvalue weighted by Crippen LogP contribution is -2.23. The van der Waals surface area contributed by atoms with E-state index in [2.05, 4.69) is 20.4 Å². The fraction of sp³-hybridized carbons (Fsp3) is 0.250. The van der Waals surface area contributed by atoms with Gasteiger partial charge in [0.2, 0.25) is 0 Å². The Labute approximate surface area is 175 Å². The molecule has 0 aliphatic rings. The molecule has 0 saturated heterocycles. The SMILES string of the molecule is Cc1nc2ccc(NC(=O)c3sc(-c4c(C)c(C)nn(C)c4=O)nc3C)cc2s1. The monoisotopic (exact) mass is 425 g/mol. The first-order chi connectivity index (χ1) is 13.7. The number of hydrogen-bond donors (Lipinski definition) is 1. The van der Waals surface area contributed by atoms with Gasteiger partial charge in [-0.3, -0.25) is 9.59 Å². The molecule has 0 atom stereocenters. The summed E-state index contributed by atoms with van der Waals surface area (Å²) in [6.07, 6.45) is 0. The molecule has 1 amide bonds. The molecule has 0 radical (unpaired) electrons. The third kappa shape index (κ3) is 3.47. The number of hydrogen-bond acceptors (Lipinski definition) is 7. The number of benzene rings is 1. The maximum Gasteiger partial charge on any atom is 0.277 e. The first kappa shape index (κ1) is 19.4. The Morgan fingerprint density at radius 3 is 2.59 bits per heavy atom. The summed E-state index contributed by atoms with van der Waals surface area (Å²) in [6, 6.07) is 5.65. The Morgan fingerprint density at radius 2 is 1.83 bits per heavy atom. The van der Waals surface area contributed by atoms with Crippen molar-refractivity contribution in [1.29, 1.82) is 0 Å². The van der Waals surface area contributed by atoms with Gasteiger partial charge < -0.3 is 5.32 Å². The van der Waals surface area contributed by atoms with Crippen LogP contribution in [0.25, 0.3) is 20.8 Å². The predicted octanol–water partition coefficient (Wildman–Crippen LogP) is 4.00. The lowest BCUT2D eigenvalue weighted by atomic mass is 10.1. The van der Waals surface area contributed by atoms with Gasteiger partial charge in [0.1, 0.15) is 9.88 Å². The second kappa shape index (κ2) is 7.16. The van der Waals surface area contributed by atoms with Gasteiger partial charge in [-0.1, -0.05) is 0 Å². The number of thiazole rings is 2. The molecule has 29 heavy (non-hydrogen) atoms. The number of anilines is 1. The highest BCUT2D eigenvalue weighted by Gasteiger charge is 2.21. The molecule has 3 heterocycles. The first-order valence-electron chi connectivity index (χ1n) is 8.95. The second-order valence-electron chi connectivity index (χ2n) is 6.82. The maximum absolute atomic E-state index is 12.9. The number of nitrogens with one attached hydrogen (secondary N) is 1. The third-order valence-corrected chi connectivity index (χ3v) is 6.80. The lowest BCUT2D eigenvalue weighted by molar-refractivity contribution is 0.103. The fourth-order valence-corrected chi connectivity index (χ4v) is 5.04. The number of rotatable bonds is 3. The van der Waals surface area contributed by atoms with Crippen molar-refractivity contribution in [2.45, 2.75) is 27.7 Å². The van der Waals surface area contributed by atoms with Crippen molar-refractivity contribution in [3.8, 4) is 10.6 Å². The minimum absolute atomic E-state index is 0.222. The van der Waals surface area contributed by atoms with Gasteiger partial charge in [-0.05, 0) is 51.5 Å². The Kier molecular flexibility index (Phi) is 4.79. The van der Waals surface area contributed by atoms with Gasteiger partial charge in [0.15, 0.2) is 0 Å². The van der Waals surface area contributed by atoms with Crippen molar-refractivity contribution < 1.29 is 4.79 Å². The van der Waals surface area contributed by atoms with E-state index in [1.165, 1.54) is 16.0 Å². The number of nitrogens with zero attached hydrogens (tertiary/aromatic N) is 4. The molecule has 1 aromatic carbocycles. The van der Waals surface area contributed by atoms with Gasteiger partial charge in [0.25, 0.3) is 11.5 Å². The van der Waals surface area contributed by atoms with Crippen LogP contribution < -0.4 is 10.9 Å². The van der Waals surface area contributed by atoms with E-state index in [0.717, 1.165) is 26.5 Å². The number of fused-ring (bicyclic) bond motifs is 1. The Hall–Kier alpha value is -2.91. The molecule has 9 heteroatoms. The van der Waals surface area contributed by atoms with Crippen molar-refractivity contribution in [3.05, 3.63) is 55.4 Å². The number of carbonyl (C=O) groups is 1. The molecule has 7 nitrogen and oxygen atoms in total. The number of aromatic nitrogens is 4. The van der Waals surface area contributed by atoms with Gasteiger partial charge in [-0.2, -0.15) is 5.10 Å². The molecule has 4 aromatic rings. The summed E-state index contributed by atoms with van der Waals surface area (Å²) in [6.45, 7) is 7.43. The van der Waals surface area contributed by atoms with Crippen molar-refractivity contribution in [2.24, 2.45) is 7.05 Å². The van der Waals surface area contributed by atoms with Crippen LogP contribution in [0, 0.1) is 27.7 Å². The van der Waals surface area contributed by atoms with Crippen LogP contribution in [-0.4, -0.2) is 25.7 Å². The maximum atomic E-state index is 12.9. The second-order valence-corrected chi connectivity index (χ2v) is 9.05. The Balaban J connectivity index is 1.69. The molecule has 0 aliphatic carbocycles. The van der Waals surface area contributed by atoms with Crippen LogP contribution >= 0.6 is 22.7 Å². The Bertz CT molecular complexity index is 1330. The lowest BCUT2D eigenvalue weighted by Gasteiger charge is -2.07. The molecular weight excluding hydrogens is 406 g/mol. The van der Waals surface area contributed by atoms with Crippen LogP contribution in [0.5, 0.6) is 0 Å². The molecule has 0 saturated carbocycles. The molecule has 0 spiro atoms. The number of amides is 1. The number of aryl methyl sites for hydroxylation is 4. The summed E-state index contributed by atoms with van der Waals surface area (Å²) in [7, 11) is 1.61. The molecule has 0 aliphatic heterocycles. The van der Waals surface area contributed by atoms with E-state index in [-0.39, 0.29) is 11.5 Å². The third-order valence-electron chi connectivity index (χ3n) is 4.70. The van der Waals surface area contributed by atoms with Gasteiger partial charge >= 0.3 is 0 Å². The molecule has 148 valence electrons. The van der Waals surface area contributed by atoms with Crippen molar-refractivity contribution in [1.82, 2.24) is 19.7 Å². The fourth-order valence-electron chi connectivity index (χ4n) is 3.12. The van der Waals surface area contributed by atoms with Crippen molar-refractivity contribution >= 4 is 44.5 Å². The quantitative estimate of drug-likeness (QED) is 0.536. The molecule has 0 fully saturated rings. The van der Waals surface area contributed by atoms with E-state index in [1.54, 1.807) is 25.3 Å². The highest BCUT2D eigenvalue weighted by Crippen LogP contribution is 2.30. The minimum atomic E-state index is -0.243. The zero-order valence-corrected chi connectivity index (χ0v) is 18.3. The molecule has 4 rings (SSSR count). The van der Waals surface area contributed by atoms with E-state index >= 15 is 0 Å². The van der Waals surface area contributed by atoms with Gasteiger partial charge in [0, 0.05) is 12.7 Å².